The van der Waals surface area contributed by atoms with Gasteiger partial charge in [0.15, 0.2) is 0 Å². The van der Waals surface area contributed by atoms with E-state index in [4.69, 9.17) is 4.74 Å². The Morgan fingerprint density at radius 1 is 1.36 bits per heavy atom. The van der Waals surface area contributed by atoms with E-state index in [0.717, 1.165) is 0 Å². The molecule has 2 bridgehead atoms. The number of fused-ring (bicyclic) bond motifs is 2. The van der Waals surface area contributed by atoms with E-state index in [-0.39, 0.29) is 0 Å². The van der Waals surface area contributed by atoms with Crippen LogP contribution in [0.3, 0.4) is 0 Å². The molecule has 0 saturated carbocycles. The van der Waals surface area contributed by atoms with Gasteiger partial charge in [0.2, 0.25) is 0 Å². The lowest BCUT2D eigenvalue weighted by molar-refractivity contribution is -0.918. The molecule has 2 aliphatic rings. The molecule has 2 heterocycles. The van der Waals surface area contributed by atoms with E-state index < -0.39 is 0 Å². The number of morpholine rings is 1. The zero-order chi connectivity index (χ0) is 7.84. The van der Waals surface area contributed by atoms with Gasteiger partial charge in [-0.15, -0.1) is 0 Å². The van der Waals surface area contributed by atoms with Crippen molar-refractivity contribution in [1.82, 2.24) is 0 Å². The smallest absolute Gasteiger partial charge is 0.144 e. The van der Waals surface area contributed by atoms with Crippen LogP contribution in [0.4, 0.5) is 0 Å². The molecule has 2 fully saturated rings. The average molecular weight is 155 g/mol. The fraction of sp³-hybridized carbons (Fsp3) is 0.750. The van der Waals surface area contributed by atoms with E-state index in [1.54, 1.807) is 0 Å². The molecule has 0 aromatic carbocycles. The molecule has 3 heteroatoms. The van der Waals surface area contributed by atoms with Gasteiger partial charge < -0.3 is 9.64 Å². The maximum Gasteiger partial charge on any atom is 0.144 e. The molecule has 11 heavy (non-hydrogen) atoms. The monoisotopic (exact) mass is 155 g/mol. The third-order valence-corrected chi connectivity index (χ3v) is 2.63. The predicted molar refractivity (Wildman–Crippen MR) is 39.0 cm³/mol. The van der Waals surface area contributed by atoms with Crippen LogP contribution < -0.4 is 4.90 Å². The molecule has 0 spiro atoms. The summed E-state index contributed by atoms with van der Waals surface area (Å²) < 4.78 is 5.34. The molecular formula is C8H13NO2. The van der Waals surface area contributed by atoms with Gasteiger partial charge in [-0.25, -0.2) is 0 Å². The summed E-state index contributed by atoms with van der Waals surface area (Å²) in [6.07, 6.45) is 1.32. The van der Waals surface area contributed by atoms with Crippen LogP contribution in [0.5, 0.6) is 0 Å². The van der Waals surface area contributed by atoms with E-state index in [1.807, 2.05) is 0 Å². The number of Topliss-reactive ketones (excluding diaryl/α,β-unsaturated/α-hetero) is 1. The van der Waals surface area contributed by atoms with Gasteiger partial charge in [0.1, 0.15) is 5.78 Å². The molecule has 1 N–H and O–H groups in total. The molecule has 2 rings (SSSR count). The second kappa shape index (κ2) is 2.57. The molecule has 2 unspecified atom stereocenters. The molecule has 2 atom stereocenters. The minimum Gasteiger partial charge on any atom is -0.458 e. The molecule has 0 aliphatic carbocycles. The van der Waals surface area contributed by atoms with Crippen LogP contribution in [-0.4, -0.2) is 31.1 Å². The Kier molecular flexibility index (Phi) is 1.69. The highest BCUT2D eigenvalue weighted by Crippen LogP contribution is 2.09. The van der Waals surface area contributed by atoms with Crippen LogP contribution in [0.2, 0.25) is 0 Å². The standard InChI is InChI=1S/C8H13NO2/c1-9-6-2-8(10)3-7(9)5-11-4-6/h6-7,9H,1-5H2. The van der Waals surface area contributed by atoms with Crippen molar-refractivity contribution in [2.75, 3.05) is 13.2 Å². The third kappa shape index (κ3) is 1.19. The third-order valence-electron chi connectivity index (χ3n) is 2.63. The van der Waals surface area contributed by atoms with Gasteiger partial charge in [-0.3, -0.25) is 4.79 Å². The summed E-state index contributed by atoms with van der Waals surface area (Å²) in [7, 11) is 4.00. The van der Waals surface area contributed by atoms with Crippen LogP contribution in [0.1, 0.15) is 12.8 Å². The Bertz CT molecular complexity index is 165. The van der Waals surface area contributed by atoms with E-state index >= 15 is 0 Å². The number of nitrogens with one attached hydrogen (secondary N) is 1. The van der Waals surface area contributed by atoms with Crippen molar-refractivity contribution < 1.29 is 14.4 Å². The SMILES string of the molecule is [CH2-][NH+]1C2COCC1CC(=O)C2. The van der Waals surface area contributed by atoms with Crippen molar-refractivity contribution in [1.29, 1.82) is 0 Å². The van der Waals surface area contributed by atoms with Crippen molar-refractivity contribution in [3.05, 3.63) is 7.05 Å². The van der Waals surface area contributed by atoms with Crippen LogP contribution in [0.25, 0.3) is 0 Å². The van der Waals surface area contributed by atoms with Gasteiger partial charge >= 0.3 is 0 Å². The second-order valence-electron chi connectivity index (χ2n) is 3.45. The summed E-state index contributed by atoms with van der Waals surface area (Å²) in [5, 5.41) is 0. The van der Waals surface area contributed by atoms with Crippen molar-refractivity contribution in [2.45, 2.75) is 24.9 Å². The van der Waals surface area contributed by atoms with Crippen molar-refractivity contribution in [2.24, 2.45) is 0 Å². The first-order valence-corrected chi connectivity index (χ1v) is 4.05. The zero-order valence-corrected chi connectivity index (χ0v) is 6.51. The van der Waals surface area contributed by atoms with Crippen molar-refractivity contribution >= 4 is 5.78 Å². The molecule has 0 radical (unpaired) electrons. The Balaban J connectivity index is 2.12. The lowest BCUT2D eigenvalue weighted by Crippen LogP contribution is -3.18. The summed E-state index contributed by atoms with van der Waals surface area (Å²) >= 11 is 0. The summed E-state index contributed by atoms with van der Waals surface area (Å²) in [4.78, 5) is 12.4. The van der Waals surface area contributed by atoms with Crippen LogP contribution in [0.15, 0.2) is 0 Å². The lowest BCUT2D eigenvalue weighted by Gasteiger charge is -2.44. The number of carbonyl (C=O) groups is 1. The molecular weight excluding hydrogens is 142 g/mol. The number of carbonyl (C=O) groups excluding carboxylic acids is 1. The second-order valence-corrected chi connectivity index (χ2v) is 3.45. The first-order valence-electron chi connectivity index (χ1n) is 4.05. The highest BCUT2D eigenvalue weighted by molar-refractivity contribution is 5.79. The molecule has 0 aromatic heterocycles. The minimum absolute atomic E-state index is 0.329. The quantitative estimate of drug-likeness (QED) is 0.445. The largest absolute Gasteiger partial charge is 0.458 e. The van der Waals surface area contributed by atoms with Crippen LogP contribution in [0, 0.1) is 7.05 Å². The Labute approximate surface area is 66.3 Å². The highest BCUT2D eigenvalue weighted by Gasteiger charge is 2.36. The number of ether oxygens (including phenoxy) is 1. The van der Waals surface area contributed by atoms with Gasteiger partial charge in [-0.05, 0) is 0 Å². The number of piperidine rings is 1. The van der Waals surface area contributed by atoms with E-state index in [1.165, 1.54) is 4.90 Å². The van der Waals surface area contributed by atoms with Crippen LogP contribution >= 0.6 is 0 Å². The van der Waals surface area contributed by atoms with Crippen molar-refractivity contribution in [3.8, 4) is 0 Å². The first kappa shape index (κ1) is 7.25. The average Bonchev–Trinajstić information content (AvgIpc) is 1.92. The number of quaternary nitrogens is 1. The maximum absolute atomic E-state index is 11.1. The number of hydrogen-bond donors (Lipinski definition) is 1. The highest BCUT2D eigenvalue weighted by atomic mass is 16.5. The summed E-state index contributed by atoms with van der Waals surface area (Å²) in [5.41, 5.74) is 0. The van der Waals surface area contributed by atoms with E-state index in [9.17, 15) is 4.79 Å². The minimum atomic E-state index is 0.329. The topological polar surface area (TPSA) is 30.7 Å². The van der Waals surface area contributed by atoms with E-state index in [2.05, 4.69) is 7.05 Å². The first-order chi connectivity index (χ1) is 5.27. The molecule has 2 aliphatic heterocycles. The Morgan fingerprint density at radius 3 is 2.45 bits per heavy atom. The normalized spacial score (nSPS) is 44.1. The van der Waals surface area contributed by atoms with Gasteiger partial charge in [0.25, 0.3) is 0 Å². The van der Waals surface area contributed by atoms with E-state index in [0.29, 0.717) is 43.9 Å². The Hall–Kier alpha value is -0.410. The molecule has 0 aromatic rings. The molecule has 3 nitrogen and oxygen atoms in total. The number of rotatable bonds is 0. The van der Waals surface area contributed by atoms with Gasteiger partial charge in [0.05, 0.1) is 38.1 Å². The van der Waals surface area contributed by atoms with Gasteiger partial charge in [0, 0.05) is 0 Å². The lowest BCUT2D eigenvalue weighted by atomic mass is 9.94. The predicted octanol–water partition coefficient (Wildman–Crippen LogP) is -1.21. The summed E-state index contributed by atoms with van der Waals surface area (Å²) in [5.74, 6) is 0.385. The maximum atomic E-state index is 11.1. The number of hydrogen-bond acceptors (Lipinski definition) is 2. The fourth-order valence-corrected chi connectivity index (χ4v) is 1.91. The van der Waals surface area contributed by atoms with Crippen molar-refractivity contribution in [3.63, 3.8) is 0 Å². The van der Waals surface area contributed by atoms with Gasteiger partial charge in [-0.1, -0.05) is 0 Å². The van der Waals surface area contributed by atoms with Crippen LogP contribution in [-0.2, 0) is 9.53 Å². The molecule has 2 saturated heterocycles. The molecule has 62 valence electrons. The summed E-state index contributed by atoms with van der Waals surface area (Å²) in [6, 6.07) is 0.657. The Morgan fingerprint density at radius 2 is 1.91 bits per heavy atom. The summed E-state index contributed by atoms with van der Waals surface area (Å²) in [6.45, 7) is 1.42. The molecule has 0 amide bonds. The van der Waals surface area contributed by atoms with Gasteiger partial charge in [-0.2, -0.15) is 7.05 Å². The fourth-order valence-electron chi connectivity index (χ4n) is 1.91. The number of ketones is 1. The zero-order valence-electron chi connectivity index (χ0n) is 6.51.